The smallest absolute Gasteiger partial charge is 0.220 e. The van der Waals surface area contributed by atoms with E-state index in [2.05, 4.69) is 60.4 Å². The van der Waals surface area contributed by atoms with E-state index in [1.165, 1.54) is 0 Å². The standard InChI is InChI=1S/C14H30N2O.3CH4/c1-11(13(3,4)5)15(9)10-16(12(2)17)14(6,7)8;;;/h11H,10H2,1-9H3;3*1H4. The van der Waals surface area contributed by atoms with Crippen molar-refractivity contribution in [1.82, 2.24) is 9.80 Å². The van der Waals surface area contributed by atoms with Crippen LogP contribution in [0.15, 0.2) is 0 Å². The van der Waals surface area contributed by atoms with Crippen molar-refractivity contribution in [2.45, 2.75) is 89.3 Å². The third kappa shape index (κ3) is 8.57. The summed E-state index contributed by atoms with van der Waals surface area (Å²) in [5.41, 5.74) is 0.0901. The van der Waals surface area contributed by atoms with E-state index in [0.717, 1.165) is 0 Å². The monoisotopic (exact) mass is 290 g/mol. The Morgan fingerprint density at radius 3 is 1.55 bits per heavy atom. The lowest BCUT2D eigenvalue weighted by Crippen LogP contribution is -2.53. The number of amides is 1. The van der Waals surface area contributed by atoms with Gasteiger partial charge in [0.1, 0.15) is 0 Å². The summed E-state index contributed by atoms with van der Waals surface area (Å²) >= 11 is 0. The van der Waals surface area contributed by atoms with Gasteiger partial charge < -0.3 is 4.90 Å². The predicted octanol–water partition coefficient (Wildman–Crippen LogP) is 4.87. The highest BCUT2D eigenvalue weighted by Crippen LogP contribution is 2.24. The molecule has 0 saturated heterocycles. The molecule has 1 atom stereocenters. The Labute approximate surface area is 129 Å². The molecule has 0 bridgehead atoms. The summed E-state index contributed by atoms with van der Waals surface area (Å²) in [6.45, 7) is 17.4. The maximum Gasteiger partial charge on any atom is 0.220 e. The van der Waals surface area contributed by atoms with Gasteiger partial charge in [-0.25, -0.2) is 0 Å². The molecular formula is C17H42N2O. The third-order valence-electron chi connectivity index (χ3n) is 3.47. The average Bonchev–Trinajstić information content (AvgIpc) is 2.08. The summed E-state index contributed by atoms with van der Waals surface area (Å²) in [5, 5.41) is 0. The number of nitrogens with zero attached hydrogens (tertiary/aromatic N) is 2. The van der Waals surface area contributed by atoms with Crippen molar-refractivity contribution < 1.29 is 4.79 Å². The maximum absolute atomic E-state index is 11.7. The summed E-state index contributed by atoms with van der Waals surface area (Å²) in [5.74, 6) is 0.130. The molecule has 0 rings (SSSR count). The van der Waals surface area contributed by atoms with Gasteiger partial charge in [-0.2, -0.15) is 0 Å². The molecule has 0 aliphatic carbocycles. The molecular weight excluding hydrogens is 248 g/mol. The van der Waals surface area contributed by atoms with Crippen LogP contribution in [-0.4, -0.2) is 41.0 Å². The Morgan fingerprint density at radius 1 is 1.00 bits per heavy atom. The van der Waals surface area contributed by atoms with Crippen molar-refractivity contribution in [2.24, 2.45) is 5.41 Å². The van der Waals surface area contributed by atoms with E-state index in [-0.39, 0.29) is 39.1 Å². The van der Waals surface area contributed by atoms with Crippen molar-refractivity contribution >= 4 is 5.91 Å². The Bertz CT molecular complexity index is 261. The Morgan fingerprint density at radius 2 is 1.35 bits per heavy atom. The summed E-state index contributed by atoms with van der Waals surface area (Å²) < 4.78 is 0. The van der Waals surface area contributed by atoms with E-state index < -0.39 is 0 Å². The van der Waals surface area contributed by atoms with Crippen LogP contribution < -0.4 is 0 Å². The minimum Gasteiger partial charge on any atom is -0.325 e. The molecule has 0 aromatic carbocycles. The minimum atomic E-state index is -0.127. The highest BCUT2D eigenvalue weighted by atomic mass is 16.2. The van der Waals surface area contributed by atoms with Gasteiger partial charge in [-0.15, -0.1) is 0 Å². The molecule has 1 amide bonds. The summed E-state index contributed by atoms with van der Waals surface area (Å²) in [7, 11) is 2.08. The second kappa shape index (κ2) is 9.38. The minimum absolute atomic E-state index is 0. The average molecular weight is 291 g/mol. The first-order chi connectivity index (χ1) is 7.37. The molecule has 0 heterocycles. The predicted molar refractivity (Wildman–Crippen MR) is 94.0 cm³/mol. The lowest BCUT2D eigenvalue weighted by atomic mass is 9.87. The van der Waals surface area contributed by atoms with Gasteiger partial charge in [-0.3, -0.25) is 9.69 Å². The lowest BCUT2D eigenvalue weighted by Gasteiger charge is -2.42. The zero-order chi connectivity index (χ0) is 14.0. The van der Waals surface area contributed by atoms with Gasteiger partial charge in [-0.05, 0) is 40.2 Å². The quantitative estimate of drug-likeness (QED) is 0.693. The van der Waals surface area contributed by atoms with Crippen LogP contribution in [0.25, 0.3) is 0 Å². The molecule has 3 heteroatoms. The Balaban J connectivity index is -0.000000427. The van der Waals surface area contributed by atoms with Gasteiger partial charge in [0.2, 0.25) is 5.91 Å². The van der Waals surface area contributed by atoms with Crippen molar-refractivity contribution in [1.29, 1.82) is 0 Å². The second-order valence-electron chi connectivity index (χ2n) is 7.06. The molecule has 20 heavy (non-hydrogen) atoms. The fraction of sp³-hybridized carbons (Fsp3) is 0.941. The molecule has 3 nitrogen and oxygen atoms in total. The normalized spacial score (nSPS) is 12.7. The molecule has 126 valence electrons. The molecule has 0 radical (unpaired) electrons. The van der Waals surface area contributed by atoms with E-state index in [0.29, 0.717) is 12.7 Å². The molecule has 0 aromatic heterocycles. The highest BCUT2D eigenvalue weighted by molar-refractivity contribution is 5.73. The van der Waals surface area contributed by atoms with Gasteiger partial charge in [0.15, 0.2) is 0 Å². The summed E-state index contributed by atoms with van der Waals surface area (Å²) in [6, 6.07) is 0.423. The fourth-order valence-corrected chi connectivity index (χ4v) is 1.79. The van der Waals surface area contributed by atoms with Gasteiger partial charge in [0.05, 0.1) is 6.67 Å². The van der Waals surface area contributed by atoms with Gasteiger partial charge in [0, 0.05) is 18.5 Å². The summed E-state index contributed by atoms with van der Waals surface area (Å²) in [4.78, 5) is 15.9. The molecule has 0 spiro atoms. The molecule has 0 saturated carbocycles. The van der Waals surface area contributed by atoms with E-state index in [1.54, 1.807) is 6.92 Å². The first-order valence-corrected chi connectivity index (χ1v) is 6.36. The largest absolute Gasteiger partial charge is 0.325 e. The second-order valence-corrected chi connectivity index (χ2v) is 7.06. The number of carbonyl (C=O) groups excluding carboxylic acids is 1. The van der Waals surface area contributed by atoms with Crippen LogP contribution in [0.3, 0.4) is 0 Å². The Kier molecular flexibility index (Phi) is 13.0. The zero-order valence-corrected chi connectivity index (χ0v) is 13.1. The lowest BCUT2D eigenvalue weighted by molar-refractivity contribution is -0.137. The molecule has 0 fully saturated rings. The van der Waals surface area contributed by atoms with Crippen molar-refractivity contribution in [3.05, 3.63) is 0 Å². The molecule has 1 unspecified atom stereocenters. The highest BCUT2D eigenvalue weighted by Gasteiger charge is 2.29. The van der Waals surface area contributed by atoms with E-state index in [1.807, 2.05) is 4.90 Å². The van der Waals surface area contributed by atoms with Crippen LogP contribution in [0, 0.1) is 5.41 Å². The molecule has 0 aliphatic rings. The van der Waals surface area contributed by atoms with Crippen molar-refractivity contribution in [2.75, 3.05) is 13.7 Å². The SMILES string of the molecule is C.C.C.CC(=O)N(CN(C)C(C)C(C)(C)C)C(C)(C)C. The van der Waals surface area contributed by atoms with Crippen LogP contribution in [0.1, 0.15) is 77.7 Å². The zero-order valence-electron chi connectivity index (χ0n) is 13.1. The number of hydrogen-bond acceptors (Lipinski definition) is 2. The van der Waals surface area contributed by atoms with Crippen molar-refractivity contribution in [3.8, 4) is 0 Å². The van der Waals surface area contributed by atoms with Crippen LogP contribution in [0.4, 0.5) is 0 Å². The van der Waals surface area contributed by atoms with E-state index in [4.69, 9.17) is 0 Å². The van der Waals surface area contributed by atoms with Crippen molar-refractivity contribution in [3.63, 3.8) is 0 Å². The van der Waals surface area contributed by atoms with Crippen LogP contribution in [-0.2, 0) is 4.79 Å². The fourth-order valence-electron chi connectivity index (χ4n) is 1.79. The van der Waals surface area contributed by atoms with Gasteiger partial charge in [-0.1, -0.05) is 43.1 Å². The molecule has 0 aliphatic heterocycles. The van der Waals surface area contributed by atoms with E-state index >= 15 is 0 Å². The third-order valence-corrected chi connectivity index (χ3v) is 3.47. The maximum atomic E-state index is 11.7. The first-order valence-electron chi connectivity index (χ1n) is 6.36. The van der Waals surface area contributed by atoms with E-state index in [9.17, 15) is 4.79 Å². The summed E-state index contributed by atoms with van der Waals surface area (Å²) in [6.07, 6.45) is 0. The van der Waals surface area contributed by atoms with Gasteiger partial charge in [0.25, 0.3) is 0 Å². The van der Waals surface area contributed by atoms with Crippen LogP contribution in [0.2, 0.25) is 0 Å². The van der Waals surface area contributed by atoms with Crippen LogP contribution in [0.5, 0.6) is 0 Å². The number of hydrogen-bond donors (Lipinski definition) is 0. The molecule has 0 aromatic rings. The van der Waals surface area contributed by atoms with Gasteiger partial charge >= 0.3 is 0 Å². The Hall–Kier alpha value is -0.570. The topological polar surface area (TPSA) is 23.6 Å². The number of rotatable bonds is 3. The molecule has 0 N–H and O–H groups in total. The first kappa shape index (κ1) is 27.7. The van der Waals surface area contributed by atoms with Crippen LogP contribution >= 0.6 is 0 Å². The number of carbonyl (C=O) groups is 1.